The summed E-state index contributed by atoms with van der Waals surface area (Å²) in [5.74, 6) is -1.43. The Morgan fingerprint density at radius 3 is 2.39 bits per heavy atom. The molecule has 0 aliphatic heterocycles. The molecule has 0 saturated carbocycles. The first-order valence-corrected chi connectivity index (χ1v) is 5.14. The SMILES string of the molecule is Cc1cc(C)n(CCC(F)(F)F)c(=O)c1C(=O)O. The van der Waals surface area contributed by atoms with Gasteiger partial charge in [0.15, 0.2) is 0 Å². The third kappa shape index (κ3) is 3.12. The third-order valence-corrected chi connectivity index (χ3v) is 2.54. The molecule has 0 spiro atoms. The van der Waals surface area contributed by atoms with Crippen LogP contribution in [-0.4, -0.2) is 21.8 Å². The number of halogens is 3. The van der Waals surface area contributed by atoms with Crippen molar-refractivity contribution in [3.05, 3.63) is 33.2 Å². The van der Waals surface area contributed by atoms with Crippen molar-refractivity contribution in [1.82, 2.24) is 4.57 Å². The average molecular weight is 263 g/mol. The van der Waals surface area contributed by atoms with Gasteiger partial charge in [0, 0.05) is 12.2 Å². The maximum Gasteiger partial charge on any atom is 0.390 e. The largest absolute Gasteiger partial charge is 0.477 e. The van der Waals surface area contributed by atoms with Crippen LogP contribution in [0.3, 0.4) is 0 Å². The fourth-order valence-corrected chi connectivity index (χ4v) is 1.70. The number of carboxylic acids is 1. The van der Waals surface area contributed by atoms with E-state index < -0.39 is 36.2 Å². The van der Waals surface area contributed by atoms with Crippen LogP contribution in [0.5, 0.6) is 0 Å². The summed E-state index contributed by atoms with van der Waals surface area (Å²) in [5.41, 5.74) is -0.827. The summed E-state index contributed by atoms with van der Waals surface area (Å²) in [7, 11) is 0. The number of rotatable bonds is 3. The van der Waals surface area contributed by atoms with Gasteiger partial charge in [0.05, 0.1) is 6.42 Å². The van der Waals surface area contributed by atoms with E-state index >= 15 is 0 Å². The lowest BCUT2D eigenvalue weighted by Gasteiger charge is -2.13. The number of alkyl halides is 3. The average Bonchev–Trinajstić information content (AvgIpc) is 2.13. The molecule has 0 aliphatic rings. The smallest absolute Gasteiger partial charge is 0.390 e. The highest BCUT2D eigenvalue weighted by Crippen LogP contribution is 2.20. The van der Waals surface area contributed by atoms with Gasteiger partial charge in [-0.1, -0.05) is 0 Å². The van der Waals surface area contributed by atoms with Crippen molar-refractivity contribution in [3.63, 3.8) is 0 Å². The number of hydrogen-bond donors (Lipinski definition) is 1. The molecule has 4 nitrogen and oxygen atoms in total. The first kappa shape index (κ1) is 14.3. The quantitative estimate of drug-likeness (QED) is 0.908. The lowest BCUT2D eigenvalue weighted by Crippen LogP contribution is -2.30. The number of nitrogens with zero attached hydrogens (tertiary/aromatic N) is 1. The monoisotopic (exact) mass is 263 g/mol. The molecule has 0 unspecified atom stereocenters. The Bertz CT molecular complexity index is 532. The highest BCUT2D eigenvalue weighted by molar-refractivity contribution is 5.88. The second-order valence-corrected chi connectivity index (χ2v) is 3.97. The standard InChI is InChI=1S/C11H12F3NO3/c1-6-5-7(2)15(4-3-11(12,13)14)9(16)8(6)10(17)18/h5H,3-4H2,1-2H3,(H,17,18). The molecule has 0 saturated heterocycles. The van der Waals surface area contributed by atoms with E-state index in [0.29, 0.717) is 5.69 Å². The van der Waals surface area contributed by atoms with Gasteiger partial charge in [-0.3, -0.25) is 4.79 Å². The number of hydrogen-bond acceptors (Lipinski definition) is 2. The van der Waals surface area contributed by atoms with Gasteiger partial charge in [-0.25, -0.2) is 4.79 Å². The van der Waals surface area contributed by atoms with Gasteiger partial charge in [0.2, 0.25) is 0 Å². The van der Waals surface area contributed by atoms with E-state index in [1.807, 2.05) is 0 Å². The second-order valence-electron chi connectivity index (χ2n) is 3.97. The van der Waals surface area contributed by atoms with Crippen LogP contribution < -0.4 is 5.56 Å². The fourth-order valence-electron chi connectivity index (χ4n) is 1.70. The third-order valence-electron chi connectivity index (χ3n) is 2.54. The lowest BCUT2D eigenvalue weighted by molar-refractivity contribution is -0.136. The second kappa shape index (κ2) is 4.83. The van der Waals surface area contributed by atoms with Crippen LogP contribution in [0.15, 0.2) is 10.9 Å². The van der Waals surface area contributed by atoms with E-state index in [4.69, 9.17) is 5.11 Å². The van der Waals surface area contributed by atoms with Crippen LogP contribution in [0.25, 0.3) is 0 Å². The Kier molecular flexibility index (Phi) is 3.83. The van der Waals surface area contributed by atoms with Gasteiger partial charge in [-0.05, 0) is 25.5 Å². The predicted octanol–water partition coefficient (Wildman–Crippen LogP) is 2.12. The van der Waals surface area contributed by atoms with Crippen LogP contribution in [0.1, 0.15) is 28.0 Å². The Balaban J connectivity index is 3.25. The minimum Gasteiger partial charge on any atom is -0.477 e. The fraction of sp³-hybridized carbons (Fsp3) is 0.455. The first-order chi connectivity index (χ1) is 8.13. The Morgan fingerprint density at radius 1 is 1.39 bits per heavy atom. The lowest BCUT2D eigenvalue weighted by atomic mass is 10.1. The minimum atomic E-state index is -4.39. The zero-order valence-electron chi connectivity index (χ0n) is 9.84. The van der Waals surface area contributed by atoms with E-state index in [2.05, 4.69) is 0 Å². The van der Waals surface area contributed by atoms with Crippen molar-refractivity contribution in [2.75, 3.05) is 0 Å². The highest BCUT2D eigenvalue weighted by Gasteiger charge is 2.27. The summed E-state index contributed by atoms with van der Waals surface area (Å²) in [4.78, 5) is 22.7. The van der Waals surface area contributed by atoms with Crippen molar-refractivity contribution in [2.24, 2.45) is 0 Å². The topological polar surface area (TPSA) is 59.3 Å². The summed E-state index contributed by atoms with van der Waals surface area (Å²) in [5, 5.41) is 8.85. The Hall–Kier alpha value is -1.79. The van der Waals surface area contributed by atoms with E-state index in [1.54, 1.807) is 0 Å². The maximum atomic E-state index is 12.1. The number of carbonyl (C=O) groups is 1. The number of carboxylic acid groups (broad SMARTS) is 1. The molecule has 0 bridgehead atoms. The summed E-state index contributed by atoms with van der Waals surface area (Å²) >= 11 is 0. The molecule has 1 aromatic heterocycles. The number of aromatic nitrogens is 1. The van der Waals surface area contributed by atoms with Gasteiger partial charge >= 0.3 is 12.1 Å². The number of pyridine rings is 1. The number of aryl methyl sites for hydroxylation is 2. The molecule has 0 amide bonds. The molecule has 7 heteroatoms. The van der Waals surface area contributed by atoms with Crippen molar-refractivity contribution < 1.29 is 23.1 Å². The molecule has 0 aromatic carbocycles. The molecule has 1 rings (SSSR count). The van der Waals surface area contributed by atoms with Crippen molar-refractivity contribution in [2.45, 2.75) is 33.0 Å². The van der Waals surface area contributed by atoms with Crippen molar-refractivity contribution in [1.29, 1.82) is 0 Å². The Labute approximate surface area is 101 Å². The van der Waals surface area contributed by atoms with E-state index in [1.165, 1.54) is 19.9 Å². The van der Waals surface area contributed by atoms with Crippen molar-refractivity contribution >= 4 is 5.97 Å². The molecule has 0 aliphatic carbocycles. The van der Waals surface area contributed by atoms with E-state index in [-0.39, 0.29) is 5.56 Å². The van der Waals surface area contributed by atoms with Gasteiger partial charge in [-0.2, -0.15) is 13.2 Å². The number of aromatic carboxylic acids is 1. The van der Waals surface area contributed by atoms with Gasteiger partial charge in [0.25, 0.3) is 5.56 Å². The van der Waals surface area contributed by atoms with Crippen LogP contribution in [0.2, 0.25) is 0 Å². The molecule has 1 N–H and O–H groups in total. The minimum absolute atomic E-state index is 0.244. The van der Waals surface area contributed by atoms with E-state index in [9.17, 15) is 22.8 Å². The molecule has 100 valence electrons. The zero-order valence-corrected chi connectivity index (χ0v) is 9.84. The van der Waals surface area contributed by atoms with Crippen LogP contribution in [-0.2, 0) is 6.54 Å². The summed E-state index contributed by atoms with van der Waals surface area (Å²) in [6.45, 7) is 2.33. The Morgan fingerprint density at radius 2 is 1.94 bits per heavy atom. The van der Waals surface area contributed by atoms with Gasteiger partial charge < -0.3 is 9.67 Å². The molecule has 18 heavy (non-hydrogen) atoms. The molecular weight excluding hydrogens is 251 g/mol. The highest BCUT2D eigenvalue weighted by atomic mass is 19.4. The van der Waals surface area contributed by atoms with Crippen LogP contribution in [0, 0.1) is 13.8 Å². The maximum absolute atomic E-state index is 12.1. The molecular formula is C11H12F3NO3. The van der Waals surface area contributed by atoms with Crippen LogP contribution >= 0.6 is 0 Å². The van der Waals surface area contributed by atoms with Crippen molar-refractivity contribution in [3.8, 4) is 0 Å². The summed E-state index contributed by atoms with van der Waals surface area (Å²) < 4.78 is 37.2. The summed E-state index contributed by atoms with van der Waals surface area (Å²) in [6.07, 6.45) is -5.56. The molecule has 0 atom stereocenters. The molecule has 1 heterocycles. The molecule has 1 aromatic rings. The first-order valence-electron chi connectivity index (χ1n) is 5.14. The molecule has 0 radical (unpaired) electrons. The van der Waals surface area contributed by atoms with E-state index in [0.717, 1.165) is 4.57 Å². The summed E-state index contributed by atoms with van der Waals surface area (Å²) in [6, 6.07) is 1.39. The predicted molar refractivity (Wildman–Crippen MR) is 57.8 cm³/mol. The molecule has 0 fully saturated rings. The van der Waals surface area contributed by atoms with Gasteiger partial charge in [-0.15, -0.1) is 0 Å². The van der Waals surface area contributed by atoms with Crippen LogP contribution in [0.4, 0.5) is 13.2 Å². The zero-order chi connectivity index (χ0) is 14.1. The normalized spacial score (nSPS) is 11.6. The van der Waals surface area contributed by atoms with Gasteiger partial charge in [0.1, 0.15) is 5.56 Å².